The third-order valence-corrected chi connectivity index (χ3v) is 14.9. The summed E-state index contributed by atoms with van der Waals surface area (Å²) >= 11 is 0. The van der Waals surface area contributed by atoms with Gasteiger partial charge in [0.2, 0.25) is 0 Å². The molecule has 4 rings (SSSR count). The second-order valence-electron chi connectivity index (χ2n) is 11.7. The number of rotatable bonds is 7. The van der Waals surface area contributed by atoms with Crippen LogP contribution in [0.5, 0.6) is 17.2 Å². The van der Waals surface area contributed by atoms with Crippen molar-refractivity contribution in [2.24, 2.45) is 5.92 Å². The lowest BCUT2D eigenvalue weighted by Gasteiger charge is -2.41. The highest BCUT2D eigenvalue weighted by molar-refractivity contribution is 7.17. The van der Waals surface area contributed by atoms with Gasteiger partial charge in [0.05, 0.1) is 21.3 Å². The van der Waals surface area contributed by atoms with E-state index in [1.807, 2.05) is 0 Å². The third kappa shape index (κ3) is 4.41. The Labute approximate surface area is 242 Å². The fraction of sp³-hybridized carbons (Fsp3) is 0.389. The van der Waals surface area contributed by atoms with Crippen LogP contribution in [-0.2, 0) is 0 Å². The van der Waals surface area contributed by atoms with Gasteiger partial charge in [0.1, 0.15) is 17.2 Å². The van der Waals surface area contributed by atoms with Gasteiger partial charge in [0, 0.05) is 0 Å². The van der Waals surface area contributed by atoms with Crippen molar-refractivity contribution in [2.45, 2.75) is 69.2 Å². The zero-order valence-electron chi connectivity index (χ0n) is 26.8. The Morgan fingerprint density at radius 1 is 0.475 bits per heavy atom. The first-order valence-corrected chi connectivity index (χ1v) is 16.2. The van der Waals surface area contributed by atoms with Crippen molar-refractivity contribution in [2.75, 3.05) is 21.3 Å². The van der Waals surface area contributed by atoms with Crippen molar-refractivity contribution >= 4 is 23.6 Å². The van der Waals surface area contributed by atoms with Crippen molar-refractivity contribution in [3.8, 4) is 17.2 Å². The molecular formula is C36H46O3Si. The molecule has 3 aromatic rings. The quantitative estimate of drug-likeness (QED) is 0.236. The Bertz CT molecular complexity index is 1410. The molecule has 0 heterocycles. The van der Waals surface area contributed by atoms with E-state index >= 15 is 0 Å². The van der Waals surface area contributed by atoms with Crippen LogP contribution in [0.15, 0.2) is 58.3 Å². The molecule has 1 aliphatic carbocycles. The van der Waals surface area contributed by atoms with Gasteiger partial charge in [-0.2, -0.15) is 0 Å². The molecular weight excluding hydrogens is 508 g/mol. The Morgan fingerprint density at radius 2 is 0.775 bits per heavy atom. The zero-order valence-corrected chi connectivity index (χ0v) is 27.8. The summed E-state index contributed by atoms with van der Waals surface area (Å²) in [6.45, 7) is 22.4. The molecule has 0 bridgehead atoms. The van der Waals surface area contributed by atoms with E-state index < -0.39 is 8.07 Å². The second-order valence-corrected chi connectivity index (χ2v) is 15.4. The Morgan fingerprint density at radius 3 is 1.02 bits per heavy atom. The first kappa shape index (κ1) is 29.7. The molecule has 0 N–H and O–H groups in total. The van der Waals surface area contributed by atoms with Crippen molar-refractivity contribution in [1.29, 1.82) is 0 Å². The maximum atomic E-state index is 6.29. The standard InChI is InChI=1S/C36H46O3Si/c1-20-14-30(37-11)33(17-23(20)4)40(36-28(9)26(7)27(8)29(36)10,34-18-24(5)21(2)15-31(34)38-12)35-19-25(6)22(3)16-32(35)39-13/h14-19,28H,1-13H3. The van der Waals surface area contributed by atoms with Gasteiger partial charge in [-0.25, -0.2) is 0 Å². The molecule has 0 aromatic heterocycles. The molecule has 1 atom stereocenters. The monoisotopic (exact) mass is 554 g/mol. The van der Waals surface area contributed by atoms with Crippen LogP contribution in [0.3, 0.4) is 0 Å². The van der Waals surface area contributed by atoms with Crippen molar-refractivity contribution in [3.05, 3.63) is 91.7 Å². The Balaban J connectivity index is 2.42. The first-order valence-electron chi connectivity index (χ1n) is 14.2. The van der Waals surface area contributed by atoms with Crippen LogP contribution >= 0.6 is 0 Å². The maximum Gasteiger partial charge on any atom is 0.189 e. The van der Waals surface area contributed by atoms with Gasteiger partial charge in [-0.15, -0.1) is 0 Å². The lowest BCUT2D eigenvalue weighted by Crippen LogP contribution is -2.70. The Hall–Kier alpha value is -3.24. The molecule has 40 heavy (non-hydrogen) atoms. The minimum Gasteiger partial charge on any atom is -0.497 e. The van der Waals surface area contributed by atoms with Crippen molar-refractivity contribution in [3.63, 3.8) is 0 Å². The number of aryl methyl sites for hydroxylation is 6. The van der Waals surface area contributed by atoms with Gasteiger partial charge in [-0.05, 0) is 141 Å². The molecule has 4 heteroatoms. The molecule has 3 nitrogen and oxygen atoms in total. The molecule has 0 radical (unpaired) electrons. The maximum absolute atomic E-state index is 6.29. The van der Waals surface area contributed by atoms with Gasteiger partial charge in [-0.3, -0.25) is 0 Å². The van der Waals surface area contributed by atoms with E-state index in [1.54, 1.807) is 21.3 Å². The number of methoxy groups -OCH3 is 3. The average molecular weight is 555 g/mol. The van der Waals surface area contributed by atoms with E-state index in [-0.39, 0.29) is 5.92 Å². The number of ether oxygens (including phenoxy) is 3. The molecule has 0 amide bonds. The summed E-state index contributed by atoms with van der Waals surface area (Å²) in [6.07, 6.45) is 0. The number of benzene rings is 3. The highest BCUT2D eigenvalue weighted by atomic mass is 28.3. The van der Waals surface area contributed by atoms with Gasteiger partial charge in [0.25, 0.3) is 0 Å². The van der Waals surface area contributed by atoms with E-state index in [4.69, 9.17) is 14.2 Å². The summed E-state index contributed by atoms with van der Waals surface area (Å²) < 4.78 is 18.9. The molecule has 0 fully saturated rings. The number of hydrogen-bond acceptors (Lipinski definition) is 3. The van der Waals surface area contributed by atoms with Crippen LogP contribution in [-0.4, -0.2) is 29.4 Å². The summed E-state index contributed by atoms with van der Waals surface area (Å²) in [6, 6.07) is 13.8. The topological polar surface area (TPSA) is 27.7 Å². The molecule has 0 spiro atoms. The average Bonchev–Trinajstić information content (AvgIpc) is 3.12. The molecule has 1 aliphatic rings. The fourth-order valence-electron chi connectivity index (χ4n) is 6.60. The summed E-state index contributed by atoms with van der Waals surface area (Å²) in [5.74, 6) is 3.02. The van der Waals surface area contributed by atoms with Crippen LogP contribution in [0.4, 0.5) is 0 Å². The second kappa shape index (κ2) is 11.0. The molecule has 3 aromatic carbocycles. The van der Waals surface area contributed by atoms with Crippen LogP contribution in [0.2, 0.25) is 0 Å². The van der Waals surface area contributed by atoms with Gasteiger partial charge >= 0.3 is 0 Å². The Kier molecular flexibility index (Phi) is 8.15. The van der Waals surface area contributed by atoms with E-state index in [0.717, 1.165) is 17.2 Å². The predicted octanol–water partition coefficient (Wildman–Crippen LogP) is 6.87. The molecule has 212 valence electrons. The summed E-state index contributed by atoms with van der Waals surface area (Å²) in [5, 5.41) is 5.20. The van der Waals surface area contributed by atoms with E-state index in [1.165, 1.54) is 70.9 Å². The van der Waals surface area contributed by atoms with E-state index in [2.05, 4.69) is 106 Å². The van der Waals surface area contributed by atoms with Crippen LogP contribution < -0.4 is 29.8 Å². The van der Waals surface area contributed by atoms with Gasteiger partial charge < -0.3 is 14.2 Å². The number of allylic oxidation sites excluding steroid dienone is 4. The normalized spacial score (nSPS) is 15.7. The van der Waals surface area contributed by atoms with Gasteiger partial charge in [0.15, 0.2) is 8.07 Å². The lowest BCUT2D eigenvalue weighted by molar-refractivity contribution is 0.415. The SMILES string of the molecule is COc1cc(C)c(C)cc1[Si](C1=C(C)C(C)=C(C)C1C)(c1cc(C)c(C)cc1OC)c1cc(C)c(C)cc1OC. The van der Waals surface area contributed by atoms with E-state index in [0.29, 0.717) is 0 Å². The first-order chi connectivity index (χ1) is 18.8. The summed E-state index contributed by atoms with van der Waals surface area (Å²) in [5.41, 5.74) is 11.6. The summed E-state index contributed by atoms with van der Waals surface area (Å²) in [4.78, 5) is 0. The smallest absolute Gasteiger partial charge is 0.189 e. The zero-order chi connectivity index (χ0) is 29.7. The van der Waals surface area contributed by atoms with Crippen LogP contribution in [0, 0.1) is 47.5 Å². The fourth-order valence-corrected chi connectivity index (χ4v) is 12.9. The molecule has 0 aliphatic heterocycles. The summed E-state index contributed by atoms with van der Waals surface area (Å²) in [7, 11) is 2.31. The highest BCUT2D eigenvalue weighted by Gasteiger charge is 2.53. The lowest BCUT2D eigenvalue weighted by atomic mass is 10.1. The molecule has 0 saturated carbocycles. The van der Waals surface area contributed by atoms with Crippen LogP contribution in [0.1, 0.15) is 61.1 Å². The van der Waals surface area contributed by atoms with Crippen molar-refractivity contribution in [1.82, 2.24) is 0 Å². The molecule has 0 saturated heterocycles. The predicted molar refractivity (Wildman–Crippen MR) is 172 cm³/mol. The third-order valence-electron chi connectivity index (χ3n) is 9.70. The highest BCUT2D eigenvalue weighted by Crippen LogP contribution is 2.44. The largest absolute Gasteiger partial charge is 0.497 e. The minimum absolute atomic E-state index is 0.260. The van der Waals surface area contributed by atoms with Gasteiger partial charge in [-0.1, -0.05) is 41.5 Å². The minimum atomic E-state index is -3.10. The van der Waals surface area contributed by atoms with Crippen molar-refractivity contribution < 1.29 is 14.2 Å². The molecule has 1 unspecified atom stereocenters. The number of hydrogen-bond donors (Lipinski definition) is 0. The van der Waals surface area contributed by atoms with E-state index in [9.17, 15) is 0 Å². The van der Waals surface area contributed by atoms with Crippen LogP contribution in [0.25, 0.3) is 0 Å².